The Morgan fingerprint density at radius 3 is 2.76 bits per heavy atom. The summed E-state index contributed by atoms with van der Waals surface area (Å²) in [5.41, 5.74) is 4.58. The van der Waals surface area contributed by atoms with Crippen LogP contribution in [0.2, 0.25) is 0 Å². The lowest BCUT2D eigenvalue weighted by Crippen LogP contribution is -2.38. The van der Waals surface area contributed by atoms with Gasteiger partial charge in [0.2, 0.25) is 0 Å². The number of fused-ring (bicyclic) bond motifs is 1. The van der Waals surface area contributed by atoms with Gasteiger partial charge >= 0.3 is 0 Å². The van der Waals surface area contributed by atoms with Crippen LogP contribution in [-0.4, -0.2) is 28.4 Å². The third-order valence-corrected chi connectivity index (χ3v) is 4.10. The van der Waals surface area contributed by atoms with Crippen molar-refractivity contribution in [3.05, 3.63) is 71.7 Å². The molecule has 0 aliphatic carbocycles. The minimum atomic E-state index is 0.677. The lowest BCUT2D eigenvalue weighted by atomic mass is 10.1. The van der Waals surface area contributed by atoms with Crippen LogP contribution >= 0.6 is 0 Å². The number of guanidine groups is 1. The van der Waals surface area contributed by atoms with Crippen LogP contribution < -0.4 is 10.6 Å². The Morgan fingerprint density at radius 1 is 1.12 bits per heavy atom. The second kappa shape index (κ2) is 8.33. The third-order valence-electron chi connectivity index (χ3n) is 4.10. The first-order valence-corrected chi connectivity index (χ1v) is 8.75. The fourth-order valence-corrected chi connectivity index (χ4v) is 2.71. The maximum atomic E-state index is 4.69. The Hall–Kier alpha value is -2.82. The van der Waals surface area contributed by atoms with E-state index in [0.717, 1.165) is 36.8 Å². The summed E-state index contributed by atoms with van der Waals surface area (Å²) < 4.78 is 2.05. The van der Waals surface area contributed by atoms with E-state index in [1.165, 1.54) is 11.1 Å². The lowest BCUT2D eigenvalue weighted by molar-refractivity contribution is 0.791. The quantitative estimate of drug-likeness (QED) is 0.538. The second-order valence-corrected chi connectivity index (χ2v) is 6.00. The molecule has 5 heteroatoms. The molecule has 0 amide bonds. The molecule has 5 nitrogen and oxygen atoms in total. The maximum Gasteiger partial charge on any atom is 0.191 e. The van der Waals surface area contributed by atoms with Gasteiger partial charge in [-0.15, -0.1) is 0 Å². The summed E-state index contributed by atoms with van der Waals surface area (Å²) in [6.45, 7) is 6.51. The smallest absolute Gasteiger partial charge is 0.191 e. The SMILES string of the molecule is CCNC(=NCc1ccccc1C)NCCc1cn2ccccc2n1. The number of nitrogens with zero attached hydrogens (tertiary/aromatic N) is 3. The third kappa shape index (κ3) is 4.59. The van der Waals surface area contributed by atoms with Crippen molar-refractivity contribution in [2.45, 2.75) is 26.8 Å². The van der Waals surface area contributed by atoms with Crippen molar-refractivity contribution in [1.29, 1.82) is 0 Å². The standard InChI is InChI=1S/C20H25N5/c1-3-21-20(23-14-17-9-5-4-8-16(17)2)22-12-11-18-15-25-13-7-6-10-19(25)24-18/h4-10,13,15H,3,11-12,14H2,1-2H3,(H2,21,22,23). The van der Waals surface area contributed by atoms with Crippen molar-refractivity contribution >= 4 is 11.6 Å². The van der Waals surface area contributed by atoms with Gasteiger partial charge in [-0.25, -0.2) is 9.98 Å². The number of rotatable bonds is 6. The number of imidazole rings is 1. The molecule has 0 fully saturated rings. The van der Waals surface area contributed by atoms with Gasteiger partial charge in [0.25, 0.3) is 0 Å². The van der Waals surface area contributed by atoms with Crippen LogP contribution in [0.3, 0.4) is 0 Å². The van der Waals surface area contributed by atoms with Crippen molar-refractivity contribution in [1.82, 2.24) is 20.0 Å². The molecule has 2 N–H and O–H groups in total. The molecule has 0 atom stereocenters. The van der Waals surface area contributed by atoms with E-state index >= 15 is 0 Å². The predicted molar refractivity (Wildman–Crippen MR) is 103 cm³/mol. The van der Waals surface area contributed by atoms with Gasteiger partial charge in [-0.2, -0.15) is 0 Å². The highest BCUT2D eigenvalue weighted by molar-refractivity contribution is 5.79. The fraction of sp³-hybridized carbons (Fsp3) is 0.300. The van der Waals surface area contributed by atoms with E-state index in [0.29, 0.717) is 6.54 Å². The zero-order valence-corrected chi connectivity index (χ0v) is 14.9. The molecule has 0 aliphatic rings. The normalized spacial score (nSPS) is 11.7. The number of hydrogen-bond acceptors (Lipinski definition) is 2. The molecule has 130 valence electrons. The monoisotopic (exact) mass is 335 g/mol. The summed E-state index contributed by atoms with van der Waals surface area (Å²) >= 11 is 0. The van der Waals surface area contributed by atoms with Crippen LogP contribution in [0.5, 0.6) is 0 Å². The average molecular weight is 335 g/mol. The Kier molecular flexibility index (Phi) is 5.67. The number of pyridine rings is 1. The van der Waals surface area contributed by atoms with Crippen LogP contribution in [0.15, 0.2) is 59.9 Å². The second-order valence-electron chi connectivity index (χ2n) is 6.00. The lowest BCUT2D eigenvalue weighted by Gasteiger charge is -2.11. The first-order valence-electron chi connectivity index (χ1n) is 8.75. The highest BCUT2D eigenvalue weighted by Gasteiger charge is 2.03. The molecule has 3 rings (SSSR count). The number of hydrogen-bond donors (Lipinski definition) is 2. The number of aliphatic imine (C=N–C) groups is 1. The summed E-state index contributed by atoms with van der Waals surface area (Å²) in [7, 11) is 0. The van der Waals surface area contributed by atoms with E-state index in [4.69, 9.17) is 0 Å². The minimum absolute atomic E-state index is 0.677. The molecule has 0 bridgehead atoms. The molecule has 2 aromatic heterocycles. The van der Waals surface area contributed by atoms with E-state index in [9.17, 15) is 0 Å². The number of benzene rings is 1. The highest BCUT2D eigenvalue weighted by Crippen LogP contribution is 2.08. The molecule has 2 heterocycles. The zero-order valence-electron chi connectivity index (χ0n) is 14.9. The largest absolute Gasteiger partial charge is 0.357 e. The Morgan fingerprint density at radius 2 is 1.96 bits per heavy atom. The van der Waals surface area contributed by atoms with E-state index in [1.54, 1.807) is 0 Å². The first-order chi connectivity index (χ1) is 12.3. The zero-order chi connectivity index (χ0) is 17.5. The van der Waals surface area contributed by atoms with Gasteiger partial charge in [-0.1, -0.05) is 30.3 Å². The molecule has 0 radical (unpaired) electrons. The Balaban J connectivity index is 1.58. The molecule has 25 heavy (non-hydrogen) atoms. The van der Waals surface area contributed by atoms with Gasteiger partial charge in [0.05, 0.1) is 12.2 Å². The van der Waals surface area contributed by atoms with Gasteiger partial charge in [-0.05, 0) is 37.1 Å². The highest BCUT2D eigenvalue weighted by atomic mass is 15.2. The van der Waals surface area contributed by atoms with Crippen LogP contribution in [0.1, 0.15) is 23.7 Å². The molecular weight excluding hydrogens is 310 g/mol. The maximum absolute atomic E-state index is 4.69. The van der Waals surface area contributed by atoms with Crippen LogP contribution in [-0.2, 0) is 13.0 Å². The fourth-order valence-electron chi connectivity index (χ4n) is 2.71. The van der Waals surface area contributed by atoms with E-state index in [1.807, 2.05) is 28.8 Å². The molecule has 0 saturated heterocycles. The van der Waals surface area contributed by atoms with Gasteiger partial charge in [0.15, 0.2) is 5.96 Å². The van der Waals surface area contributed by atoms with Gasteiger partial charge in [0, 0.05) is 31.9 Å². The number of aromatic nitrogens is 2. The van der Waals surface area contributed by atoms with Crippen LogP contribution in [0.25, 0.3) is 5.65 Å². The van der Waals surface area contributed by atoms with Crippen molar-refractivity contribution in [3.63, 3.8) is 0 Å². The molecule has 3 aromatic rings. The molecule has 0 spiro atoms. The topological polar surface area (TPSA) is 53.7 Å². The number of aryl methyl sites for hydroxylation is 1. The van der Waals surface area contributed by atoms with E-state index in [2.05, 4.69) is 64.9 Å². The van der Waals surface area contributed by atoms with Gasteiger partial charge in [0.1, 0.15) is 5.65 Å². The number of nitrogens with one attached hydrogen (secondary N) is 2. The van der Waals surface area contributed by atoms with Crippen molar-refractivity contribution in [3.8, 4) is 0 Å². The van der Waals surface area contributed by atoms with Crippen LogP contribution in [0, 0.1) is 6.92 Å². The van der Waals surface area contributed by atoms with Gasteiger partial charge < -0.3 is 15.0 Å². The van der Waals surface area contributed by atoms with Crippen molar-refractivity contribution < 1.29 is 0 Å². The first kappa shape index (κ1) is 17.0. The summed E-state index contributed by atoms with van der Waals surface area (Å²) in [5, 5.41) is 6.69. The van der Waals surface area contributed by atoms with E-state index in [-0.39, 0.29) is 0 Å². The summed E-state index contributed by atoms with van der Waals surface area (Å²) in [4.78, 5) is 9.31. The molecule has 0 unspecified atom stereocenters. The van der Waals surface area contributed by atoms with Crippen molar-refractivity contribution in [2.24, 2.45) is 4.99 Å². The molecule has 1 aromatic carbocycles. The van der Waals surface area contributed by atoms with Gasteiger partial charge in [-0.3, -0.25) is 0 Å². The summed E-state index contributed by atoms with van der Waals surface area (Å²) in [6.07, 6.45) is 4.96. The average Bonchev–Trinajstić information content (AvgIpc) is 3.03. The molecule has 0 aliphatic heterocycles. The Bertz CT molecular complexity index is 817. The van der Waals surface area contributed by atoms with Crippen LogP contribution in [0.4, 0.5) is 0 Å². The summed E-state index contributed by atoms with van der Waals surface area (Å²) in [6, 6.07) is 14.4. The van der Waals surface area contributed by atoms with E-state index < -0.39 is 0 Å². The minimum Gasteiger partial charge on any atom is -0.357 e. The predicted octanol–water partition coefficient (Wildman–Crippen LogP) is 2.94. The Labute approximate surface area is 148 Å². The van der Waals surface area contributed by atoms with Crippen molar-refractivity contribution in [2.75, 3.05) is 13.1 Å². The molecular formula is C20H25N5. The summed E-state index contributed by atoms with van der Waals surface area (Å²) in [5.74, 6) is 0.842. The molecule has 0 saturated carbocycles.